The number of fused-ring (bicyclic) bond motifs is 1. The van der Waals surface area contributed by atoms with E-state index in [9.17, 15) is 27.2 Å². The average Bonchev–Trinajstić information content (AvgIpc) is 2.53. The molecule has 1 aromatic heterocycles. The monoisotopic (exact) mass is 355 g/mol. The minimum Gasteiger partial charge on any atom is -0.326 e. The zero-order chi connectivity index (χ0) is 18.2. The molecule has 9 heteroatoms. The van der Waals surface area contributed by atoms with Crippen LogP contribution in [0.15, 0.2) is 35.1 Å². The molecule has 25 heavy (non-hydrogen) atoms. The molecule has 1 aliphatic rings. The van der Waals surface area contributed by atoms with Gasteiger partial charge in [0.15, 0.2) is 0 Å². The predicted molar refractivity (Wildman–Crippen MR) is 81.6 cm³/mol. The molecule has 0 atom stereocenters. The van der Waals surface area contributed by atoms with Gasteiger partial charge in [0.05, 0.1) is 5.56 Å². The van der Waals surface area contributed by atoms with E-state index in [2.05, 4.69) is 10.3 Å². The highest BCUT2D eigenvalue weighted by atomic mass is 19.4. The number of carbonyl (C=O) groups is 1. The van der Waals surface area contributed by atoms with Gasteiger partial charge in [-0.15, -0.1) is 0 Å². The van der Waals surface area contributed by atoms with Crippen molar-refractivity contribution in [3.05, 3.63) is 63.3 Å². The number of aromatic amines is 1. The number of anilines is 1. The van der Waals surface area contributed by atoms with Gasteiger partial charge >= 0.3 is 12.2 Å². The Kier molecular flexibility index (Phi) is 4.23. The number of hydrogen-bond donors (Lipinski definition) is 2. The van der Waals surface area contributed by atoms with Crippen molar-refractivity contribution in [1.29, 1.82) is 0 Å². The van der Waals surface area contributed by atoms with Crippen LogP contribution in [0.25, 0.3) is 0 Å². The molecule has 3 rings (SSSR count). The number of urea groups is 1. The number of hydrogen-bond acceptors (Lipinski definition) is 2. The lowest BCUT2D eigenvalue weighted by molar-refractivity contribution is -0.139. The minimum atomic E-state index is -4.79. The minimum absolute atomic E-state index is 0.0669. The lowest BCUT2D eigenvalue weighted by Gasteiger charge is -2.28. The molecule has 0 bridgehead atoms. The first-order chi connectivity index (χ1) is 11.7. The van der Waals surface area contributed by atoms with E-state index in [1.165, 1.54) is 11.0 Å². The first-order valence-electron chi connectivity index (χ1n) is 7.38. The molecular formula is C16H13F4N3O2. The van der Waals surface area contributed by atoms with Crippen molar-refractivity contribution in [2.24, 2.45) is 0 Å². The second-order valence-electron chi connectivity index (χ2n) is 5.62. The van der Waals surface area contributed by atoms with Gasteiger partial charge in [0.25, 0.3) is 0 Å². The van der Waals surface area contributed by atoms with Crippen molar-refractivity contribution in [3.63, 3.8) is 0 Å². The van der Waals surface area contributed by atoms with Crippen LogP contribution in [0.4, 0.5) is 28.0 Å². The van der Waals surface area contributed by atoms with Gasteiger partial charge < -0.3 is 15.2 Å². The van der Waals surface area contributed by atoms with E-state index in [4.69, 9.17) is 0 Å². The second kappa shape index (κ2) is 6.23. The van der Waals surface area contributed by atoms with Crippen LogP contribution in [-0.4, -0.2) is 22.5 Å². The number of nitrogens with zero attached hydrogens (tertiary/aromatic N) is 1. The fraction of sp³-hybridized carbons (Fsp3) is 0.250. The SMILES string of the molecule is O=C(Nc1ccc(C(F)(F)F)c(F)c1)N1CCc2[nH]c(=O)ccc2C1. The summed E-state index contributed by atoms with van der Waals surface area (Å²) in [5, 5.41) is 2.38. The predicted octanol–water partition coefficient (Wildman–Crippen LogP) is 3.12. The highest BCUT2D eigenvalue weighted by molar-refractivity contribution is 5.89. The van der Waals surface area contributed by atoms with Crippen molar-refractivity contribution in [3.8, 4) is 0 Å². The lowest BCUT2D eigenvalue weighted by Crippen LogP contribution is -2.39. The standard InChI is InChI=1S/C16H13F4N3O2/c17-12-7-10(2-3-11(12)16(18,19)20)21-15(25)23-6-5-13-9(8-23)1-4-14(24)22-13/h1-4,7H,5-6,8H2,(H,21,25)(H,22,24). The molecule has 5 nitrogen and oxygen atoms in total. The number of aromatic nitrogens is 1. The summed E-state index contributed by atoms with van der Waals surface area (Å²) >= 11 is 0. The highest BCUT2D eigenvalue weighted by Crippen LogP contribution is 2.32. The second-order valence-corrected chi connectivity index (χ2v) is 5.62. The number of rotatable bonds is 1. The molecule has 0 aliphatic carbocycles. The van der Waals surface area contributed by atoms with Gasteiger partial charge in [0.2, 0.25) is 5.56 Å². The van der Waals surface area contributed by atoms with Crippen LogP contribution in [0.3, 0.4) is 0 Å². The number of pyridine rings is 1. The summed E-state index contributed by atoms with van der Waals surface area (Å²) in [6.07, 6.45) is -4.35. The summed E-state index contributed by atoms with van der Waals surface area (Å²) in [4.78, 5) is 27.6. The van der Waals surface area contributed by atoms with Crippen LogP contribution in [0.1, 0.15) is 16.8 Å². The summed E-state index contributed by atoms with van der Waals surface area (Å²) in [7, 11) is 0. The molecule has 2 N–H and O–H groups in total. The summed E-state index contributed by atoms with van der Waals surface area (Å²) in [5.41, 5.74) is -0.155. The maximum absolute atomic E-state index is 13.6. The fourth-order valence-electron chi connectivity index (χ4n) is 2.65. The fourth-order valence-corrected chi connectivity index (χ4v) is 2.65. The van der Waals surface area contributed by atoms with Gasteiger partial charge in [-0.3, -0.25) is 4.79 Å². The van der Waals surface area contributed by atoms with Crippen LogP contribution < -0.4 is 10.9 Å². The number of benzene rings is 1. The molecule has 0 fully saturated rings. The molecule has 0 saturated carbocycles. The first kappa shape index (κ1) is 17.0. The number of alkyl halides is 3. The number of halogens is 4. The van der Waals surface area contributed by atoms with Crippen LogP contribution >= 0.6 is 0 Å². The van der Waals surface area contributed by atoms with Crippen molar-refractivity contribution in [2.45, 2.75) is 19.1 Å². The molecule has 2 amide bonds. The Bertz CT molecular complexity index is 876. The first-order valence-corrected chi connectivity index (χ1v) is 7.38. The average molecular weight is 355 g/mol. The van der Waals surface area contributed by atoms with Gasteiger partial charge in [0.1, 0.15) is 5.82 Å². The topological polar surface area (TPSA) is 65.2 Å². The van der Waals surface area contributed by atoms with E-state index in [0.29, 0.717) is 25.1 Å². The van der Waals surface area contributed by atoms with Gasteiger partial charge in [-0.25, -0.2) is 9.18 Å². The Balaban J connectivity index is 1.72. The maximum atomic E-state index is 13.6. The normalized spacial score (nSPS) is 14.2. The Hall–Kier alpha value is -2.84. The van der Waals surface area contributed by atoms with Crippen molar-refractivity contribution in [1.82, 2.24) is 9.88 Å². The van der Waals surface area contributed by atoms with Gasteiger partial charge in [0, 0.05) is 37.0 Å². The molecular weight excluding hydrogens is 342 g/mol. The number of carbonyl (C=O) groups excluding carboxylic acids is 1. The van der Waals surface area contributed by atoms with Crippen molar-refractivity contribution in [2.75, 3.05) is 11.9 Å². The molecule has 0 saturated heterocycles. The van der Waals surface area contributed by atoms with Crippen LogP contribution in [0.5, 0.6) is 0 Å². The van der Waals surface area contributed by atoms with Crippen LogP contribution in [0.2, 0.25) is 0 Å². The number of H-pyrrole nitrogens is 1. The third-order valence-electron chi connectivity index (χ3n) is 3.90. The summed E-state index contributed by atoms with van der Waals surface area (Å²) < 4.78 is 51.2. The van der Waals surface area contributed by atoms with E-state index >= 15 is 0 Å². The molecule has 2 heterocycles. The number of nitrogens with one attached hydrogen (secondary N) is 2. The molecule has 0 unspecified atom stereocenters. The highest BCUT2D eigenvalue weighted by Gasteiger charge is 2.34. The smallest absolute Gasteiger partial charge is 0.326 e. The third kappa shape index (κ3) is 3.65. The molecule has 0 spiro atoms. The Morgan fingerprint density at radius 2 is 1.96 bits per heavy atom. The van der Waals surface area contributed by atoms with E-state index < -0.39 is 23.6 Å². The zero-order valence-corrected chi connectivity index (χ0v) is 12.8. The van der Waals surface area contributed by atoms with Gasteiger partial charge in [-0.1, -0.05) is 6.07 Å². The van der Waals surface area contributed by atoms with Crippen molar-refractivity contribution >= 4 is 11.7 Å². The van der Waals surface area contributed by atoms with E-state index in [0.717, 1.165) is 17.3 Å². The summed E-state index contributed by atoms with van der Waals surface area (Å²) in [6.45, 7) is 0.558. The zero-order valence-electron chi connectivity index (χ0n) is 12.8. The third-order valence-corrected chi connectivity index (χ3v) is 3.90. The van der Waals surface area contributed by atoms with E-state index in [-0.39, 0.29) is 17.8 Å². The van der Waals surface area contributed by atoms with E-state index in [1.54, 1.807) is 6.07 Å². The maximum Gasteiger partial charge on any atom is 0.419 e. The lowest BCUT2D eigenvalue weighted by atomic mass is 10.1. The Morgan fingerprint density at radius 1 is 1.20 bits per heavy atom. The van der Waals surface area contributed by atoms with Gasteiger partial charge in [-0.2, -0.15) is 13.2 Å². The molecule has 2 aromatic rings. The Morgan fingerprint density at radius 3 is 2.64 bits per heavy atom. The van der Waals surface area contributed by atoms with Gasteiger partial charge in [-0.05, 0) is 23.8 Å². The Labute approximate surface area is 139 Å². The van der Waals surface area contributed by atoms with E-state index in [1.807, 2.05) is 0 Å². The molecule has 1 aromatic carbocycles. The largest absolute Gasteiger partial charge is 0.419 e. The van der Waals surface area contributed by atoms with Crippen LogP contribution in [-0.2, 0) is 19.1 Å². The summed E-state index contributed by atoms with van der Waals surface area (Å²) in [5.74, 6) is -1.45. The molecule has 1 aliphatic heterocycles. The quantitative estimate of drug-likeness (QED) is 0.772. The summed E-state index contributed by atoms with van der Waals surface area (Å²) in [6, 6.07) is 4.63. The number of amides is 2. The molecule has 0 radical (unpaired) electrons. The molecule has 132 valence electrons. The van der Waals surface area contributed by atoms with Crippen LogP contribution in [0, 0.1) is 5.82 Å². The van der Waals surface area contributed by atoms with Crippen molar-refractivity contribution < 1.29 is 22.4 Å².